The van der Waals surface area contributed by atoms with Crippen LogP contribution in [0.5, 0.6) is 5.75 Å². The highest BCUT2D eigenvalue weighted by molar-refractivity contribution is 5.31. The second kappa shape index (κ2) is 5.49. The Bertz CT molecular complexity index is 518. The molecular weight excluding hydrogens is 240 g/mol. The fourth-order valence-corrected chi connectivity index (χ4v) is 1.79. The van der Waals surface area contributed by atoms with Crippen LogP contribution in [0.4, 0.5) is 0 Å². The predicted molar refractivity (Wildman–Crippen MR) is 74.1 cm³/mol. The Morgan fingerprint density at radius 1 is 1.00 bits per heavy atom. The molecule has 1 N–H and O–H groups in total. The normalized spacial score (nSPS) is 11.6. The maximum atomic E-state index is 8.91. The molecule has 0 saturated heterocycles. The molecule has 0 unspecified atom stereocenters. The molecule has 0 bridgehead atoms. The Kier molecular flexibility index (Phi) is 3.96. The summed E-state index contributed by atoms with van der Waals surface area (Å²) in [6.45, 7) is 6.83. The lowest BCUT2D eigenvalue weighted by molar-refractivity contribution is 0.225. The molecule has 102 valence electrons. The lowest BCUT2D eigenvalue weighted by Crippen LogP contribution is -2.10. The first-order chi connectivity index (χ1) is 8.99. The van der Waals surface area contributed by atoms with E-state index in [1.54, 1.807) is 6.07 Å². The summed E-state index contributed by atoms with van der Waals surface area (Å²) in [4.78, 5) is 0. The van der Waals surface area contributed by atoms with Crippen molar-refractivity contribution in [3.63, 3.8) is 0 Å². The van der Waals surface area contributed by atoms with Crippen molar-refractivity contribution in [1.29, 1.82) is 0 Å². The number of ether oxygens (including phenoxy) is 1. The molecule has 1 aromatic carbocycles. The fraction of sp³-hybridized carbons (Fsp3) is 0.375. The monoisotopic (exact) mass is 260 g/mol. The Balaban J connectivity index is 1.96. The van der Waals surface area contributed by atoms with Crippen molar-refractivity contribution in [2.24, 2.45) is 0 Å². The summed E-state index contributed by atoms with van der Waals surface area (Å²) in [7, 11) is 0. The van der Waals surface area contributed by atoms with Crippen molar-refractivity contribution < 1.29 is 14.3 Å². The molecule has 3 heteroatoms. The van der Waals surface area contributed by atoms with Crippen LogP contribution in [-0.4, -0.2) is 5.11 Å². The van der Waals surface area contributed by atoms with Crippen LogP contribution in [0.25, 0.3) is 0 Å². The molecule has 19 heavy (non-hydrogen) atoms. The summed E-state index contributed by atoms with van der Waals surface area (Å²) in [5, 5.41) is 8.91. The van der Waals surface area contributed by atoms with Gasteiger partial charge in [-0.15, -0.1) is 0 Å². The third kappa shape index (κ3) is 3.61. The van der Waals surface area contributed by atoms with Gasteiger partial charge in [0.1, 0.15) is 30.5 Å². The number of rotatable bonds is 4. The van der Waals surface area contributed by atoms with Gasteiger partial charge in [-0.05, 0) is 35.2 Å². The van der Waals surface area contributed by atoms with E-state index in [0.717, 1.165) is 5.75 Å². The average molecular weight is 260 g/mol. The lowest BCUT2D eigenvalue weighted by Gasteiger charge is -2.19. The lowest BCUT2D eigenvalue weighted by atomic mass is 9.87. The zero-order valence-electron chi connectivity index (χ0n) is 11.6. The Morgan fingerprint density at radius 3 is 2.16 bits per heavy atom. The highest BCUT2D eigenvalue weighted by Gasteiger charge is 2.13. The molecule has 0 fully saturated rings. The maximum absolute atomic E-state index is 8.91. The summed E-state index contributed by atoms with van der Waals surface area (Å²) >= 11 is 0. The van der Waals surface area contributed by atoms with Gasteiger partial charge in [0.25, 0.3) is 0 Å². The minimum absolute atomic E-state index is 0.0831. The van der Waals surface area contributed by atoms with E-state index >= 15 is 0 Å². The number of aliphatic hydroxyl groups is 1. The second-order valence-electron chi connectivity index (χ2n) is 5.59. The standard InChI is InChI=1S/C16H20O3/c1-16(2,3)12-4-6-13(7-5-12)18-11-15-9-8-14(10-17)19-15/h4-9,17H,10-11H2,1-3H3. The molecule has 0 radical (unpaired) electrons. The molecule has 0 spiro atoms. The quantitative estimate of drug-likeness (QED) is 0.912. The van der Waals surface area contributed by atoms with Gasteiger partial charge in [-0.25, -0.2) is 0 Å². The molecule has 0 aliphatic carbocycles. The molecule has 1 heterocycles. The average Bonchev–Trinajstić information content (AvgIpc) is 2.84. The van der Waals surface area contributed by atoms with E-state index in [0.29, 0.717) is 18.1 Å². The molecule has 0 amide bonds. The van der Waals surface area contributed by atoms with Crippen molar-refractivity contribution in [2.45, 2.75) is 39.4 Å². The van der Waals surface area contributed by atoms with Crippen LogP contribution in [-0.2, 0) is 18.6 Å². The van der Waals surface area contributed by atoms with E-state index in [2.05, 4.69) is 32.9 Å². The highest BCUT2D eigenvalue weighted by Crippen LogP contribution is 2.24. The maximum Gasteiger partial charge on any atom is 0.146 e. The fourth-order valence-electron chi connectivity index (χ4n) is 1.79. The minimum Gasteiger partial charge on any atom is -0.486 e. The summed E-state index contributed by atoms with van der Waals surface area (Å²) in [6.07, 6.45) is 0. The summed E-state index contributed by atoms with van der Waals surface area (Å²) in [5.74, 6) is 2.08. The molecular formula is C16H20O3. The predicted octanol–water partition coefficient (Wildman–Crippen LogP) is 3.65. The topological polar surface area (TPSA) is 42.6 Å². The number of hydrogen-bond acceptors (Lipinski definition) is 3. The minimum atomic E-state index is -0.0831. The van der Waals surface area contributed by atoms with E-state index in [1.165, 1.54) is 5.56 Å². The van der Waals surface area contributed by atoms with E-state index in [4.69, 9.17) is 14.3 Å². The van der Waals surface area contributed by atoms with Crippen molar-refractivity contribution >= 4 is 0 Å². The van der Waals surface area contributed by atoms with E-state index in [-0.39, 0.29) is 12.0 Å². The van der Waals surface area contributed by atoms with Gasteiger partial charge in [0.2, 0.25) is 0 Å². The first kappa shape index (κ1) is 13.7. The molecule has 3 nitrogen and oxygen atoms in total. The third-order valence-electron chi connectivity index (χ3n) is 2.97. The van der Waals surface area contributed by atoms with Crippen LogP contribution >= 0.6 is 0 Å². The summed E-state index contributed by atoms with van der Waals surface area (Å²) in [6, 6.07) is 11.7. The van der Waals surface area contributed by atoms with Gasteiger partial charge in [0.15, 0.2) is 0 Å². The number of furan rings is 1. The Labute approximate surface area is 113 Å². The van der Waals surface area contributed by atoms with Crippen LogP contribution in [0.15, 0.2) is 40.8 Å². The Hall–Kier alpha value is -1.74. The number of hydrogen-bond donors (Lipinski definition) is 1. The van der Waals surface area contributed by atoms with Crippen LogP contribution in [0.3, 0.4) is 0 Å². The van der Waals surface area contributed by atoms with E-state index in [1.807, 2.05) is 18.2 Å². The van der Waals surface area contributed by atoms with Crippen LogP contribution in [0, 0.1) is 0 Å². The molecule has 2 rings (SSSR count). The van der Waals surface area contributed by atoms with Crippen LogP contribution in [0.1, 0.15) is 37.9 Å². The molecule has 1 aromatic heterocycles. The van der Waals surface area contributed by atoms with Crippen LogP contribution < -0.4 is 4.74 Å². The smallest absolute Gasteiger partial charge is 0.146 e. The largest absolute Gasteiger partial charge is 0.486 e. The van der Waals surface area contributed by atoms with Gasteiger partial charge in [0, 0.05) is 0 Å². The third-order valence-corrected chi connectivity index (χ3v) is 2.97. The van der Waals surface area contributed by atoms with E-state index in [9.17, 15) is 0 Å². The first-order valence-electron chi connectivity index (χ1n) is 6.41. The van der Waals surface area contributed by atoms with Crippen LogP contribution in [0.2, 0.25) is 0 Å². The number of benzene rings is 1. The first-order valence-corrected chi connectivity index (χ1v) is 6.41. The highest BCUT2D eigenvalue weighted by atomic mass is 16.5. The van der Waals surface area contributed by atoms with E-state index < -0.39 is 0 Å². The van der Waals surface area contributed by atoms with Crippen molar-refractivity contribution in [3.8, 4) is 5.75 Å². The van der Waals surface area contributed by atoms with Gasteiger partial charge >= 0.3 is 0 Å². The zero-order chi connectivity index (χ0) is 13.9. The van der Waals surface area contributed by atoms with Crippen molar-refractivity contribution in [1.82, 2.24) is 0 Å². The number of aliphatic hydroxyl groups excluding tert-OH is 1. The molecule has 0 aliphatic rings. The van der Waals surface area contributed by atoms with Crippen molar-refractivity contribution in [2.75, 3.05) is 0 Å². The molecule has 2 aromatic rings. The molecule has 0 atom stereocenters. The van der Waals surface area contributed by atoms with Gasteiger partial charge in [-0.1, -0.05) is 32.9 Å². The summed E-state index contributed by atoms with van der Waals surface area (Å²) in [5.41, 5.74) is 1.43. The van der Waals surface area contributed by atoms with Gasteiger partial charge in [-0.2, -0.15) is 0 Å². The molecule has 0 saturated carbocycles. The second-order valence-corrected chi connectivity index (χ2v) is 5.59. The van der Waals surface area contributed by atoms with Gasteiger partial charge in [0.05, 0.1) is 0 Å². The van der Waals surface area contributed by atoms with Crippen molar-refractivity contribution in [3.05, 3.63) is 53.5 Å². The van der Waals surface area contributed by atoms with Gasteiger partial charge < -0.3 is 14.3 Å². The molecule has 0 aliphatic heterocycles. The summed E-state index contributed by atoms with van der Waals surface area (Å²) < 4.78 is 11.0. The Morgan fingerprint density at radius 2 is 1.63 bits per heavy atom. The SMILES string of the molecule is CC(C)(C)c1ccc(OCc2ccc(CO)o2)cc1. The zero-order valence-corrected chi connectivity index (χ0v) is 11.6. The van der Waals surface area contributed by atoms with Gasteiger partial charge in [-0.3, -0.25) is 0 Å².